The van der Waals surface area contributed by atoms with Crippen LogP contribution in [0, 0.1) is 12.8 Å². The summed E-state index contributed by atoms with van der Waals surface area (Å²) in [6, 6.07) is 3.12. The van der Waals surface area contributed by atoms with E-state index in [9.17, 15) is 9.59 Å². The molecular formula is C16H21NO4. The molecule has 0 aromatic carbocycles. The fourth-order valence-electron chi connectivity index (χ4n) is 3.78. The number of likely N-dealkylation sites (tertiary alicyclic amines) is 1. The van der Waals surface area contributed by atoms with Crippen LogP contribution in [0.15, 0.2) is 16.5 Å². The summed E-state index contributed by atoms with van der Waals surface area (Å²) in [5, 5.41) is 0. The molecule has 114 valence electrons. The number of carbonyl (C=O) groups excluding carboxylic acids is 2. The smallest absolute Gasteiger partial charge is 0.328 e. The van der Waals surface area contributed by atoms with Crippen LogP contribution in [0.4, 0.5) is 0 Å². The molecule has 0 bridgehead atoms. The number of nitrogens with zero attached hydrogens (tertiary/aromatic N) is 1. The highest BCUT2D eigenvalue weighted by molar-refractivity contribution is 5.95. The van der Waals surface area contributed by atoms with Crippen molar-refractivity contribution >= 4 is 11.9 Å². The van der Waals surface area contributed by atoms with E-state index in [0.717, 1.165) is 19.3 Å². The SMILES string of the molecule is COC(=O)[C@@H]1C[C@@H]2CCCC[C@H]2N1C(=O)c1ccc(C)o1. The summed E-state index contributed by atoms with van der Waals surface area (Å²) >= 11 is 0. The molecular weight excluding hydrogens is 270 g/mol. The third-order valence-electron chi connectivity index (χ3n) is 4.75. The molecule has 0 radical (unpaired) electrons. The van der Waals surface area contributed by atoms with Crippen molar-refractivity contribution in [1.82, 2.24) is 4.90 Å². The predicted molar refractivity (Wildman–Crippen MR) is 75.8 cm³/mol. The third kappa shape index (κ3) is 2.45. The van der Waals surface area contributed by atoms with Gasteiger partial charge in [-0.15, -0.1) is 0 Å². The number of fused-ring (bicyclic) bond motifs is 1. The van der Waals surface area contributed by atoms with Gasteiger partial charge in [-0.25, -0.2) is 4.79 Å². The Labute approximate surface area is 124 Å². The summed E-state index contributed by atoms with van der Waals surface area (Å²) in [6.45, 7) is 1.81. The number of hydrogen-bond acceptors (Lipinski definition) is 4. The van der Waals surface area contributed by atoms with Gasteiger partial charge in [0.15, 0.2) is 5.76 Å². The highest BCUT2D eigenvalue weighted by Gasteiger charge is 2.48. The lowest BCUT2D eigenvalue weighted by molar-refractivity contribution is -0.145. The number of carbonyl (C=O) groups is 2. The molecule has 1 aromatic rings. The largest absolute Gasteiger partial charge is 0.467 e. The molecule has 2 aliphatic rings. The van der Waals surface area contributed by atoms with Gasteiger partial charge in [-0.2, -0.15) is 0 Å². The van der Waals surface area contributed by atoms with E-state index in [-0.39, 0.29) is 17.9 Å². The molecule has 2 heterocycles. The molecule has 0 unspecified atom stereocenters. The number of furan rings is 1. The van der Waals surface area contributed by atoms with Crippen molar-refractivity contribution in [1.29, 1.82) is 0 Å². The zero-order valence-corrected chi connectivity index (χ0v) is 12.5. The maximum atomic E-state index is 12.8. The molecule has 0 N–H and O–H groups in total. The molecule has 3 rings (SSSR count). The average molecular weight is 291 g/mol. The summed E-state index contributed by atoms with van der Waals surface area (Å²) in [4.78, 5) is 26.5. The van der Waals surface area contributed by atoms with Crippen LogP contribution >= 0.6 is 0 Å². The summed E-state index contributed by atoms with van der Waals surface area (Å²) in [7, 11) is 1.38. The number of hydrogen-bond donors (Lipinski definition) is 0. The second-order valence-corrected chi connectivity index (χ2v) is 6.01. The topological polar surface area (TPSA) is 59.8 Å². The maximum absolute atomic E-state index is 12.8. The number of rotatable bonds is 2. The molecule has 1 aliphatic carbocycles. The van der Waals surface area contributed by atoms with Gasteiger partial charge in [-0.3, -0.25) is 4.79 Å². The molecule has 3 atom stereocenters. The van der Waals surface area contributed by atoms with Gasteiger partial charge in [-0.1, -0.05) is 12.8 Å². The van der Waals surface area contributed by atoms with Gasteiger partial charge in [0.1, 0.15) is 11.8 Å². The number of ether oxygens (including phenoxy) is 1. The second-order valence-electron chi connectivity index (χ2n) is 6.01. The van der Waals surface area contributed by atoms with E-state index in [2.05, 4.69) is 0 Å². The van der Waals surface area contributed by atoms with E-state index < -0.39 is 6.04 Å². The van der Waals surface area contributed by atoms with Crippen molar-refractivity contribution in [3.05, 3.63) is 23.7 Å². The van der Waals surface area contributed by atoms with Crippen LogP contribution < -0.4 is 0 Å². The Kier molecular flexibility index (Phi) is 3.74. The van der Waals surface area contributed by atoms with Gasteiger partial charge in [-0.05, 0) is 44.2 Å². The van der Waals surface area contributed by atoms with Crippen LogP contribution in [0.2, 0.25) is 0 Å². The number of methoxy groups -OCH3 is 1. The van der Waals surface area contributed by atoms with Crippen LogP contribution in [-0.4, -0.2) is 36.0 Å². The van der Waals surface area contributed by atoms with Crippen LogP contribution in [0.1, 0.15) is 48.4 Å². The molecule has 2 fully saturated rings. The summed E-state index contributed by atoms with van der Waals surface area (Å²) in [6.07, 6.45) is 5.04. The Morgan fingerprint density at radius 1 is 1.29 bits per heavy atom. The van der Waals surface area contributed by atoms with Crippen molar-refractivity contribution in [3.63, 3.8) is 0 Å². The quantitative estimate of drug-likeness (QED) is 0.786. The Bertz CT molecular complexity index is 550. The molecule has 1 saturated carbocycles. The first kappa shape index (κ1) is 14.2. The van der Waals surface area contributed by atoms with E-state index >= 15 is 0 Å². The minimum Gasteiger partial charge on any atom is -0.467 e. The monoisotopic (exact) mass is 291 g/mol. The van der Waals surface area contributed by atoms with Gasteiger partial charge >= 0.3 is 5.97 Å². The molecule has 21 heavy (non-hydrogen) atoms. The zero-order valence-electron chi connectivity index (χ0n) is 12.5. The lowest BCUT2D eigenvalue weighted by Crippen LogP contribution is -2.46. The van der Waals surface area contributed by atoms with Crippen molar-refractivity contribution in [2.24, 2.45) is 5.92 Å². The standard InChI is InChI=1S/C16H21NO4/c1-10-7-8-14(21-10)15(18)17-12-6-4-3-5-11(12)9-13(17)16(19)20-2/h7-8,11-13H,3-6,9H2,1-2H3/t11-,12+,13-/m0/s1. The summed E-state index contributed by atoms with van der Waals surface area (Å²) in [5.41, 5.74) is 0. The molecule has 1 aliphatic heterocycles. The van der Waals surface area contributed by atoms with Crippen LogP contribution in [0.25, 0.3) is 0 Å². The molecule has 0 spiro atoms. The Hall–Kier alpha value is -1.78. The van der Waals surface area contributed by atoms with E-state index in [1.165, 1.54) is 13.5 Å². The van der Waals surface area contributed by atoms with Crippen molar-refractivity contribution in [2.75, 3.05) is 7.11 Å². The number of amides is 1. The minimum atomic E-state index is -0.471. The first-order valence-corrected chi connectivity index (χ1v) is 7.58. The number of aryl methyl sites for hydroxylation is 1. The van der Waals surface area contributed by atoms with Crippen LogP contribution in [-0.2, 0) is 9.53 Å². The molecule has 1 saturated heterocycles. The number of esters is 1. The van der Waals surface area contributed by atoms with E-state index in [1.54, 1.807) is 17.0 Å². The molecule has 1 aromatic heterocycles. The van der Waals surface area contributed by atoms with Crippen molar-refractivity contribution in [3.8, 4) is 0 Å². The fourth-order valence-corrected chi connectivity index (χ4v) is 3.78. The van der Waals surface area contributed by atoms with Crippen LogP contribution in [0.5, 0.6) is 0 Å². The first-order valence-electron chi connectivity index (χ1n) is 7.58. The van der Waals surface area contributed by atoms with Gasteiger partial charge in [0.05, 0.1) is 7.11 Å². The van der Waals surface area contributed by atoms with Gasteiger partial charge in [0.2, 0.25) is 0 Å². The highest BCUT2D eigenvalue weighted by atomic mass is 16.5. The second kappa shape index (κ2) is 5.54. The van der Waals surface area contributed by atoms with Crippen molar-refractivity contribution < 1.29 is 18.7 Å². The lowest BCUT2D eigenvalue weighted by atomic mass is 9.84. The van der Waals surface area contributed by atoms with Gasteiger partial charge in [0, 0.05) is 6.04 Å². The predicted octanol–water partition coefficient (Wildman–Crippen LogP) is 2.53. The van der Waals surface area contributed by atoms with Gasteiger partial charge < -0.3 is 14.1 Å². The first-order chi connectivity index (χ1) is 10.1. The van der Waals surface area contributed by atoms with Crippen LogP contribution in [0.3, 0.4) is 0 Å². The minimum absolute atomic E-state index is 0.140. The Morgan fingerprint density at radius 3 is 2.71 bits per heavy atom. The summed E-state index contributed by atoms with van der Waals surface area (Å²) in [5.74, 6) is 0.914. The van der Waals surface area contributed by atoms with E-state index in [0.29, 0.717) is 23.9 Å². The maximum Gasteiger partial charge on any atom is 0.328 e. The molecule has 5 nitrogen and oxygen atoms in total. The molecule has 5 heteroatoms. The van der Waals surface area contributed by atoms with E-state index in [1.807, 2.05) is 6.92 Å². The average Bonchev–Trinajstić information content (AvgIpc) is 3.09. The Balaban J connectivity index is 1.90. The third-order valence-corrected chi connectivity index (χ3v) is 4.75. The highest BCUT2D eigenvalue weighted by Crippen LogP contribution is 2.40. The Morgan fingerprint density at radius 2 is 2.05 bits per heavy atom. The lowest BCUT2D eigenvalue weighted by Gasteiger charge is -2.32. The van der Waals surface area contributed by atoms with E-state index in [4.69, 9.17) is 9.15 Å². The normalized spacial score (nSPS) is 28.3. The zero-order chi connectivity index (χ0) is 15.0. The van der Waals surface area contributed by atoms with Gasteiger partial charge in [0.25, 0.3) is 5.91 Å². The fraction of sp³-hybridized carbons (Fsp3) is 0.625. The summed E-state index contributed by atoms with van der Waals surface area (Å²) < 4.78 is 10.4. The van der Waals surface area contributed by atoms with Crippen molar-refractivity contribution in [2.45, 2.75) is 51.1 Å². The molecule has 1 amide bonds.